The highest BCUT2D eigenvalue weighted by atomic mass is 32.5. The lowest BCUT2D eigenvalue weighted by Gasteiger charge is -2.27. The number of fused-ring (bicyclic) bond motifs is 2. The first-order valence-electron chi connectivity index (χ1n) is 17.6. The summed E-state index contributed by atoms with van der Waals surface area (Å²) in [5, 5.41) is 20.8. The third kappa shape index (κ3) is 8.79. The Balaban J connectivity index is 0.954. The summed E-state index contributed by atoms with van der Waals surface area (Å²) in [6, 6.07) is 1.39. The summed E-state index contributed by atoms with van der Waals surface area (Å²) >= 11 is 10.7. The lowest BCUT2D eigenvalue weighted by atomic mass is 10.2. The van der Waals surface area contributed by atoms with Gasteiger partial charge in [0, 0.05) is 25.5 Å². The van der Waals surface area contributed by atoms with Crippen molar-refractivity contribution in [2.75, 3.05) is 37.0 Å². The van der Waals surface area contributed by atoms with Crippen molar-refractivity contribution in [3.63, 3.8) is 0 Å². The van der Waals surface area contributed by atoms with Crippen LogP contribution in [0.3, 0.4) is 0 Å². The van der Waals surface area contributed by atoms with E-state index >= 15 is 0 Å². The summed E-state index contributed by atoms with van der Waals surface area (Å²) in [4.78, 5) is 74.1. The zero-order valence-electron chi connectivity index (χ0n) is 30.3. The number of aromatic nitrogens is 10. The van der Waals surface area contributed by atoms with Crippen LogP contribution in [-0.2, 0) is 55.9 Å². The number of rotatable bonds is 14. The summed E-state index contributed by atoms with van der Waals surface area (Å²) in [6.07, 6.45) is -3.43. The number of aliphatic hydroxyl groups is 2. The minimum absolute atomic E-state index is 0.00485. The molecule has 0 bridgehead atoms. The van der Waals surface area contributed by atoms with Gasteiger partial charge < -0.3 is 69.5 Å². The number of nitrogen functional groups attached to an aromatic ring is 3. The zero-order valence-corrected chi connectivity index (χ0v) is 33.7. The van der Waals surface area contributed by atoms with E-state index in [0.29, 0.717) is 11.2 Å². The number of hydrogen-bond acceptors (Lipinski definition) is 22. The van der Waals surface area contributed by atoms with Crippen LogP contribution in [0.15, 0.2) is 40.8 Å². The van der Waals surface area contributed by atoms with E-state index in [1.165, 1.54) is 35.8 Å². The molecular formula is C29H37N13O13P2S2. The molecule has 0 amide bonds. The van der Waals surface area contributed by atoms with Gasteiger partial charge in [0.2, 0.25) is 5.95 Å². The van der Waals surface area contributed by atoms with Gasteiger partial charge in [0.25, 0.3) is 5.56 Å². The second-order valence-corrected chi connectivity index (χ2v) is 19.1. The highest BCUT2D eigenvalue weighted by Gasteiger charge is 2.45. The van der Waals surface area contributed by atoms with Crippen LogP contribution in [-0.4, -0.2) is 125 Å². The second kappa shape index (κ2) is 16.5. The maximum Gasteiger partial charge on any atom is 0.351 e. The molecule has 11 N–H and O–H groups in total. The molecule has 11 atom stereocenters. The molecule has 3 fully saturated rings. The summed E-state index contributed by atoms with van der Waals surface area (Å²) in [5.41, 5.74) is 16.8. The fourth-order valence-corrected chi connectivity index (χ4v) is 9.88. The van der Waals surface area contributed by atoms with E-state index < -0.39 is 93.2 Å². The molecule has 318 valence electrons. The number of aromatic amines is 1. The number of nitrogens with two attached hydrogens (primary N) is 3. The van der Waals surface area contributed by atoms with Gasteiger partial charge in [-0.2, -0.15) is 9.97 Å². The molecular weight excluding hydrogens is 864 g/mol. The third-order valence-corrected chi connectivity index (χ3v) is 12.9. The molecule has 0 aromatic carbocycles. The van der Waals surface area contributed by atoms with Gasteiger partial charge in [-0.15, -0.1) is 0 Å². The van der Waals surface area contributed by atoms with Gasteiger partial charge in [0.1, 0.15) is 54.7 Å². The normalized spacial score (nSPS) is 29.3. The van der Waals surface area contributed by atoms with Crippen molar-refractivity contribution in [2.45, 2.75) is 74.6 Å². The van der Waals surface area contributed by atoms with Gasteiger partial charge in [-0.05, 0) is 29.7 Å². The Morgan fingerprint density at radius 3 is 2.08 bits per heavy atom. The van der Waals surface area contributed by atoms with Crippen molar-refractivity contribution in [3.8, 4) is 0 Å². The molecule has 30 heteroatoms. The summed E-state index contributed by atoms with van der Waals surface area (Å²) in [7, 11) is 0. The Kier molecular flexibility index (Phi) is 11.7. The lowest BCUT2D eigenvalue weighted by Crippen LogP contribution is -2.31. The fraction of sp³-hybridized carbons (Fsp3) is 0.517. The van der Waals surface area contributed by atoms with Crippen LogP contribution in [0.1, 0.15) is 37.9 Å². The molecule has 3 aliphatic heterocycles. The average Bonchev–Trinajstić information content (AvgIpc) is 4.00. The number of aliphatic hydroxyl groups excluding tert-OH is 2. The van der Waals surface area contributed by atoms with Gasteiger partial charge in [-0.1, -0.05) is 0 Å². The van der Waals surface area contributed by atoms with Gasteiger partial charge >= 0.3 is 19.1 Å². The number of ether oxygens (including phenoxy) is 3. The highest BCUT2D eigenvalue weighted by Crippen LogP contribution is 2.52. The van der Waals surface area contributed by atoms with Gasteiger partial charge in [0.05, 0.1) is 50.8 Å². The van der Waals surface area contributed by atoms with Crippen molar-refractivity contribution < 1.29 is 52.3 Å². The maximum atomic E-state index is 12.5. The average molecular weight is 902 g/mol. The molecule has 0 saturated carbocycles. The summed E-state index contributed by atoms with van der Waals surface area (Å²) in [6.45, 7) is -9.74. The number of H-pyrrole nitrogens is 1. The van der Waals surface area contributed by atoms with E-state index in [1.54, 1.807) is 4.57 Å². The molecule has 0 radical (unpaired) electrons. The Bertz CT molecular complexity index is 2580. The molecule has 11 unspecified atom stereocenters. The molecule has 3 aliphatic rings. The minimum Gasteiger partial charge on any atom is -0.394 e. The van der Waals surface area contributed by atoms with Crippen molar-refractivity contribution in [2.24, 2.45) is 0 Å². The minimum atomic E-state index is -4.16. The van der Waals surface area contributed by atoms with Gasteiger partial charge in [-0.3, -0.25) is 23.5 Å². The van der Waals surface area contributed by atoms with E-state index in [0.717, 1.165) is 4.57 Å². The molecule has 26 nitrogen and oxygen atoms in total. The second-order valence-electron chi connectivity index (χ2n) is 13.6. The van der Waals surface area contributed by atoms with E-state index in [-0.39, 0.29) is 54.6 Å². The van der Waals surface area contributed by atoms with Crippen LogP contribution < -0.4 is 28.5 Å². The summed E-state index contributed by atoms with van der Waals surface area (Å²) < 4.78 is 45.3. The monoisotopic (exact) mass is 901 g/mol. The first-order valence-corrected chi connectivity index (χ1v) is 22.8. The van der Waals surface area contributed by atoms with E-state index in [1.807, 2.05) is 0 Å². The molecule has 59 heavy (non-hydrogen) atoms. The molecule has 0 aliphatic carbocycles. The standard InChI is InChI=1S/C29H37N13O13P2S2/c30-18-1-2-40(29(46)37-18)20-4-13(15(6-43)51-20)54-57(48,59)50-8-17-14(5-21(53-17)42-11-36-23-26(42)38-28(32)39-27(23)45)55-56(47,58)49-7-16-12(44)3-19(52-16)41-10-35-22-24(31)33-9-34-25(22)41/h1-2,9-17,19-21,43-44H,3-8H2,(H,47,58)(H,48,59)(H2,30,37,46)(H2,31,33,34)(H3,32,38,39,45). The van der Waals surface area contributed by atoms with Crippen molar-refractivity contribution in [3.05, 3.63) is 52.1 Å². The fourth-order valence-electron chi connectivity index (χ4n) is 6.93. The number of anilines is 3. The quantitative estimate of drug-likeness (QED) is 0.0583. The topological polar surface area (TPSA) is 366 Å². The smallest absolute Gasteiger partial charge is 0.351 e. The molecule has 8 rings (SSSR count). The predicted octanol–water partition coefficient (Wildman–Crippen LogP) is -1.58. The van der Waals surface area contributed by atoms with Crippen LogP contribution >= 0.6 is 13.4 Å². The summed E-state index contributed by atoms with van der Waals surface area (Å²) in [5.74, 6) is 0.0000901. The molecule has 5 aromatic heterocycles. The van der Waals surface area contributed by atoms with Crippen molar-refractivity contribution in [1.29, 1.82) is 0 Å². The van der Waals surface area contributed by atoms with Crippen molar-refractivity contribution >= 4 is 77.0 Å². The number of nitrogens with one attached hydrogen (secondary N) is 1. The lowest BCUT2D eigenvalue weighted by molar-refractivity contribution is -0.0542. The zero-order chi connectivity index (χ0) is 41.8. The Morgan fingerprint density at radius 1 is 0.797 bits per heavy atom. The van der Waals surface area contributed by atoms with Crippen LogP contribution in [0.5, 0.6) is 0 Å². The molecule has 5 aromatic rings. The first-order chi connectivity index (χ1) is 28.1. The van der Waals surface area contributed by atoms with Crippen LogP contribution in [0.4, 0.5) is 17.6 Å². The Hall–Kier alpha value is -3.96. The third-order valence-electron chi connectivity index (χ3n) is 9.71. The molecule has 8 heterocycles. The molecule has 3 saturated heterocycles. The van der Waals surface area contributed by atoms with Crippen molar-refractivity contribution in [1.82, 2.24) is 48.6 Å². The van der Waals surface area contributed by atoms with E-state index in [9.17, 15) is 29.6 Å². The molecule has 0 spiro atoms. The maximum absolute atomic E-state index is 12.5. The number of hydrogen-bond donors (Lipinski definition) is 8. The Morgan fingerprint density at radius 2 is 1.39 bits per heavy atom. The predicted molar refractivity (Wildman–Crippen MR) is 209 cm³/mol. The number of imidazole rings is 2. The van der Waals surface area contributed by atoms with E-state index in [4.69, 9.17) is 73.1 Å². The van der Waals surface area contributed by atoms with Gasteiger partial charge in [0.15, 0.2) is 22.6 Å². The SMILES string of the molecule is Nc1ccn(C2CC(OP(O)(=S)OCC3OC(n4cnc5c(=O)[nH]c(N)nc54)CC3OP(O)(=S)OCC3OC(n4cnc5c(N)ncnc54)CC3O)C(CO)O2)c(=O)n1. The van der Waals surface area contributed by atoms with Crippen LogP contribution in [0, 0.1) is 0 Å². The largest absolute Gasteiger partial charge is 0.394 e. The highest BCUT2D eigenvalue weighted by molar-refractivity contribution is 8.07. The first kappa shape index (κ1) is 41.8. The number of nitrogens with zero attached hydrogens (tertiary/aromatic N) is 9. The van der Waals surface area contributed by atoms with Gasteiger partial charge in [-0.25, -0.2) is 24.7 Å². The Labute approximate surface area is 340 Å². The van der Waals surface area contributed by atoms with E-state index in [2.05, 4.69) is 34.9 Å². The van der Waals surface area contributed by atoms with Crippen LogP contribution in [0.2, 0.25) is 0 Å². The van der Waals surface area contributed by atoms with Crippen LogP contribution in [0.25, 0.3) is 22.3 Å².